The summed E-state index contributed by atoms with van der Waals surface area (Å²) in [6.45, 7) is 1.53. The number of benzene rings is 2. The van der Waals surface area contributed by atoms with Crippen molar-refractivity contribution in [3.63, 3.8) is 0 Å². The first-order valence-corrected chi connectivity index (χ1v) is 9.83. The number of alkyl halides is 3. The zero-order valence-electron chi connectivity index (χ0n) is 15.4. The molecule has 0 radical (unpaired) electrons. The van der Waals surface area contributed by atoms with Gasteiger partial charge in [-0.05, 0) is 37.3 Å². The molecule has 160 valence electrons. The van der Waals surface area contributed by atoms with E-state index in [9.17, 15) is 22.4 Å². The quantitative estimate of drug-likeness (QED) is 0.333. The van der Waals surface area contributed by atoms with Crippen LogP contribution in [0.25, 0.3) is 6.08 Å². The number of hydrogen-bond donors (Lipinski definition) is 0. The van der Waals surface area contributed by atoms with Gasteiger partial charge in [-0.3, -0.25) is 0 Å². The fourth-order valence-corrected chi connectivity index (χ4v) is 3.31. The summed E-state index contributed by atoms with van der Waals surface area (Å²) in [5.74, 6) is -1.72. The fraction of sp³-hybridized carbons (Fsp3) is 0.250. The first kappa shape index (κ1) is 22.4. The maximum absolute atomic E-state index is 14.1. The van der Waals surface area contributed by atoms with Gasteiger partial charge in [-0.25, -0.2) is 9.18 Å². The number of hydrogen-bond acceptors (Lipinski definition) is 4. The molecule has 0 saturated heterocycles. The minimum absolute atomic E-state index is 0.00590. The number of esters is 1. The van der Waals surface area contributed by atoms with Crippen molar-refractivity contribution >= 4 is 39.6 Å². The zero-order chi connectivity index (χ0) is 22.1. The third-order valence-corrected chi connectivity index (χ3v) is 4.82. The summed E-state index contributed by atoms with van der Waals surface area (Å²) in [4.78, 5) is 12.1. The molecule has 0 amide bonds. The summed E-state index contributed by atoms with van der Waals surface area (Å²) >= 11 is 9.31. The highest BCUT2D eigenvalue weighted by Gasteiger charge is 2.39. The number of fused-ring (bicyclic) bond motifs is 1. The van der Waals surface area contributed by atoms with Gasteiger partial charge in [-0.2, -0.15) is 13.2 Å². The van der Waals surface area contributed by atoms with Gasteiger partial charge in [0.25, 0.3) is 0 Å². The summed E-state index contributed by atoms with van der Waals surface area (Å²) in [5.41, 5.74) is -0.00419. The van der Waals surface area contributed by atoms with Crippen LogP contribution < -0.4 is 9.47 Å². The van der Waals surface area contributed by atoms with Gasteiger partial charge < -0.3 is 14.2 Å². The number of rotatable bonds is 5. The molecular weight excluding hydrogens is 496 g/mol. The van der Waals surface area contributed by atoms with Crippen molar-refractivity contribution in [3.05, 3.63) is 56.8 Å². The lowest BCUT2D eigenvalue weighted by Crippen LogP contribution is -2.33. The third kappa shape index (κ3) is 5.26. The Bertz CT molecular complexity index is 1010. The van der Waals surface area contributed by atoms with Crippen LogP contribution in [-0.4, -0.2) is 24.9 Å². The Labute approximate surface area is 182 Å². The van der Waals surface area contributed by atoms with Crippen LogP contribution in [0.1, 0.15) is 18.9 Å². The van der Waals surface area contributed by atoms with Crippen LogP contribution in [-0.2, 0) is 9.53 Å². The Balaban J connectivity index is 1.98. The Morgan fingerprint density at radius 1 is 1.23 bits per heavy atom. The topological polar surface area (TPSA) is 44.8 Å². The van der Waals surface area contributed by atoms with Crippen LogP contribution in [0.15, 0.2) is 40.4 Å². The van der Waals surface area contributed by atoms with Crippen LogP contribution >= 0.6 is 27.5 Å². The van der Waals surface area contributed by atoms with E-state index in [1.165, 1.54) is 37.3 Å². The molecule has 30 heavy (non-hydrogen) atoms. The van der Waals surface area contributed by atoms with Gasteiger partial charge in [0.05, 0.1) is 23.6 Å². The van der Waals surface area contributed by atoms with Crippen molar-refractivity contribution in [2.45, 2.75) is 25.6 Å². The molecule has 0 fully saturated rings. The van der Waals surface area contributed by atoms with Gasteiger partial charge in [0, 0.05) is 16.1 Å². The number of halogens is 6. The van der Waals surface area contributed by atoms with Gasteiger partial charge >= 0.3 is 12.1 Å². The minimum atomic E-state index is -4.58. The van der Waals surface area contributed by atoms with Gasteiger partial charge in [0.15, 0.2) is 11.6 Å². The molecule has 1 aliphatic rings. The second-order valence-electron chi connectivity index (χ2n) is 6.24. The minimum Gasteiger partial charge on any atom is -0.484 e. The van der Waals surface area contributed by atoms with Crippen molar-refractivity contribution < 1.29 is 36.6 Å². The van der Waals surface area contributed by atoms with Gasteiger partial charge in [0.1, 0.15) is 17.6 Å². The molecule has 3 rings (SSSR count). The van der Waals surface area contributed by atoms with E-state index in [-0.39, 0.29) is 40.0 Å². The van der Waals surface area contributed by atoms with E-state index in [0.717, 1.165) is 0 Å². The fourth-order valence-electron chi connectivity index (χ4n) is 2.76. The molecule has 0 saturated carbocycles. The summed E-state index contributed by atoms with van der Waals surface area (Å²) in [5, 5.41) is 0.0494. The Morgan fingerprint density at radius 3 is 2.60 bits per heavy atom. The molecule has 4 nitrogen and oxygen atoms in total. The van der Waals surface area contributed by atoms with E-state index in [4.69, 9.17) is 25.8 Å². The van der Waals surface area contributed by atoms with E-state index in [1.807, 2.05) is 0 Å². The molecule has 0 spiro atoms. The van der Waals surface area contributed by atoms with Crippen LogP contribution in [0, 0.1) is 5.82 Å². The smallest absolute Gasteiger partial charge is 0.392 e. The lowest BCUT2D eigenvalue weighted by atomic mass is 9.99. The molecule has 0 bridgehead atoms. The van der Waals surface area contributed by atoms with Crippen LogP contribution in [0.3, 0.4) is 0 Å². The van der Waals surface area contributed by atoms with Gasteiger partial charge in [0.2, 0.25) is 0 Å². The van der Waals surface area contributed by atoms with Crippen molar-refractivity contribution in [2.75, 3.05) is 6.61 Å². The zero-order valence-corrected chi connectivity index (χ0v) is 17.7. The number of ether oxygens (including phenoxy) is 3. The van der Waals surface area contributed by atoms with Crippen molar-refractivity contribution in [1.82, 2.24) is 0 Å². The van der Waals surface area contributed by atoms with E-state index < -0.39 is 30.5 Å². The van der Waals surface area contributed by atoms with Crippen LogP contribution in [0.5, 0.6) is 17.2 Å². The summed E-state index contributed by atoms with van der Waals surface area (Å²) in [6, 6.07) is 6.70. The summed E-state index contributed by atoms with van der Waals surface area (Å²) < 4.78 is 69.3. The highest BCUT2D eigenvalue weighted by atomic mass is 79.9. The van der Waals surface area contributed by atoms with E-state index in [0.29, 0.717) is 4.47 Å². The van der Waals surface area contributed by atoms with Gasteiger partial charge in [-0.15, -0.1) is 0 Å². The van der Waals surface area contributed by atoms with E-state index in [2.05, 4.69) is 15.9 Å². The molecule has 2 aromatic rings. The largest absolute Gasteiger partial charge is 0.484 e. The molecule has 0 N–H and O–H groups in total. The average molecular weight is 510 g/mol. The summed E-state index contributed by atoms with van der Waals surface area (Å²) in [6.07, 6.45) is -6.34. The maximum atomic E-state index is 14.1. The monoisotopic (exact) mass is 508 g/mol. The van der Waals surface area contributed by atoms with E-state index >= 15 is 0 Å². The lowest BCUT2D eigenvalue weighted by Gasteiger charge is -2.27. The first-order valence-electron chi connectivity index (χ1n) is 8.66. The highest BCUT2D eigenvalue weighted by Crippen LogP contribution is 2.42. The number of carbonyl (C=O) groups excluding carboxylic acids is 1. The van der Waals surface area contributed by atoms with Crippen LogP contribution in [0.2, 0.25) is 5.02 Å². The SMILES string of the molecule is CCOC(=O)C1=Cc2cc(Cl)c(Oc3ccc(Br)cc3F)cc2OC1CC(F)(F)F. The van der Waals surface area contributed by atoms with Crippen molar-refractivity contribution in [1.29, 1.82) is 0 Å². The molecule has 1 unspecified atom stereocenters. The molecule has 1 heterocycles. The van der Waals surface area contributed by atoms with Gasteiger partial charge in [-0.1, -0.05) is 27.5 Å². The maximum Gasteiger partial charge on any atom is 0.392 e. The third-order valence-electron chi connectivity index (χ3n) is 4.03. The molecular formula is C20H14BrClF4O4. The molecule has 0 aliphatic carbocycles. The molecule has 2 aromatic carbocycles. The first-order chi connectivity index (χ1) is 14.1. The average Bonchev–Trinajstić information content (AvgIpc) is 2.63. The lowest BCUT2D eigenvalue weighted by molar-refractivity contribution is -0.151. The van der Waals surface area contributed by atoms with Crippen LogP contribution in [0.4, 0.5) is 17.6 Å². The highest BCUT2D eigenvalue weighted by molar-refractivity contribution is 9.10. The Kier molecular flexibility index (Phi) is 6.62. The predicted octanol–water partition coefficient (Wildman–Crippen LogP) is 6.69. The molecule has 1 atom stereocenters. The standard InChI is InChI=1S/C20H14BrClF4O4/c1-2-28-19(27)12-5-10-6-13(22)17(29-15-4-3-11(21)7-14(15)23)8-16(10)30-18(12)9-20(24,25)26/h3-8,18H,2,9H2,1H3. The second kappa shape index (κ2) is 8.85. The molecule has 1 aliphatic heterocycles. The predicted molar refractivity (Wildman–Crippen MR) is 105 cm³/mol. The summed E-state index contributed by atoms with van der Waals surface area (Å²) in [7, 11) is 0. The Hall–Kier alpha value is -2.26. The normalized spacial score (nSPS) is 15.7. The van der Waals surface area contributed by atoms with Crippen molar-refractivity contribution in [3.8, 4) is 17.2 Å². The molecule has 10 heteroatoms. The van der Waals surface area contributed by atoms with E-state index in [1.54, 1.807) is 6.07 Å². The van der Waals surface area contributed by atoms with Crippen molar-refractivity contribution in [2.24, 2.45) is 0 Å². The molecule has 0 aromatic heterocycles. The second-order valence-corrected chi connectivity index (χ2v) is 7.57. The number of carbonyl (C=O) groups is 1. The Morgan fingerprint density at radius 2 is 1.97 bits per heavy atom.